The Hall–Kier alpha value is -3.40. The lowest BCUT2D eigenvalue weighted by Crippen LogP contribution is -2.04. The van der Waals surface area contributed by atoms with Gasteiger partial charge in [0.25, 0.3) is 0 Å². The van der Waals surface area contributed by atoms with E-state index in [0.717, 1.165) is 22.2 Å². The average molecular weight is 403 g/mol. The Kier molecular flexibility index (Phi) is 4.93. The molecule has 0 aliphatic heterocycles. The number of aliphatic hydroxyl groups excluding tert-OH is 1. The van der Waals surface area contributed by atoms with Crippen molar-refractivity contribution in [1.29, 1.82) is 0 Å². The number of benzene rings is 2. The highest BCUT2D eigenvalue weighted by atomic mass is 19.4. The van der Waals surface area contributed by atoms with Crippen LogP contribution in [0, 0.1) is 0 Å². The molecule has 10 heteroatoms. The van der Waals surface area contributed by atoms with Crippen molar-refractivity contribution >= 4 is 16.6 Å². The minimum Gasteiger partial charge on any atom is -0.394 e. The third-order valence-electron chi connectivity index (χ3n) is 4.26. The van der Waals surface area contributed by atoms with E-state index in [-0.39, 0.29) is 12.4 Å². The van der Waals surface area contributed by atoms with Gasteiger partial charge in [0.2, 0.25) is 5.82 Å². The fourth-order valence-electron chi connectivity index (χ4n) is 2.84. The normalized spacial score (nSPS) is 11.9. The van der Waals surface area contributed by atoms with Crippen LogP contribution in [0.1, 0.15) is 11.5 Å². The lowest BCUT2D eigenvalue weighted by molar-refractivity contribution is -0.159. The lowest BCUT2D eigenvalue weighted by atomic mass is 10.1. The summed E-state index contributed by atoms with van der Waals surface area (Å²) >= 11 is 0. The monoisotopic (exact) mass is 403 g/mol. The first-order valence-electron chi connectivity index (χ1n) is 8.74. The zero-order valence-electron chi connectivity index (χ0n) is 15.0. The molecule has 0 atom stereocenters. The van der Waals surface area contributed by atoms with Crippen LogP contribution in [0.25, 0.3) is 22.3 Å². The van der Waals surface area contributed by atoms with Crippen LogP contribution in [-0.2, 0) is 19.3 Å². The van der Waals surface area contributed by atoms with Gasteiger partial charge in [-0.1, -0.05) is 29.4 Å². The van der Waals surface area contributed by atoms with Crippen LogP contribution in [0.15, 0.2) is 53.2 Å². The second kappa shape index (κ2) is 7.55. The molecule has 4 rings (SSSR count). The number of hydrogen-bond donors (Lipinski definition) is 2. The van der Waals surface area contributed by atoms with E-state index in [1.807, 2.05) is 24.4 Å². The van der Waals surface area contributed by atoms with Gasteiger partial charge in [-0.05, 0) is 23.8 Å². The van der Waals surface area contributed by atoms with Crippen LogP contribution in [0.4, 0.5) is 18.9 Å². The number of halogens is 3. The predicted octanol–water partition coefficient (Wildman–Crippen LogP) is 3.71. The number of rotatable bonds is 6. The van der Waals surface area contributed by atoms with Crippen molar-refractivity contribution in [3.8, 4) is 11.4 Å². The number of nitrogens with one attached hydrogen (secondary N) is 1. The molecule has 0 fully saturated rings. The molecule has 4 aromatic rings. The van der Waals surface area contributed by atoms with Gasteiger partial charge in [-0.2, -0.15) is 23.3 Å². The second-order valence-corrected chi connectivity index (χ2v) is 6.36. The number of hydrogen-bond acceptors (Lipinski definition) is 6. The molecule has 2 heterocycles. The highest BCUT2D eigenvalue weighted by molar-refractivity contribution is 5.82. The summed E-state index contributed by atoms with van der Waals surface area (Å²) in [6, 6.07) is 12.6. The second-order valence-electron chi connectivity index (χ2n) is 6.36. The number of fused-ring (bicyclic) bond motifs is 1. The molecule has 2 aromatic heterocycles. The van der Waals surface area contributed by atoms with Gasteiger partial charge in [0.15, 0.2) is 0 Å². The fraction of sp³-hybridized carbons (Fsp3) is 0.211. The van der Waals surface area contributed by atoms with Crippen LogP contribution in [0.2, 0.25) is 0 Å². The predicted molar refractivity (Wildman–Crippen MR) is 98.9 cm³/mol. The number of aliphatic hydroxyl groups is 1. The van der Waals surface area contributed by atoms with Gasteiger partial charge < -0.3 is 14.9 Å². The van der Waals surface area contributed by atoms with Crippen LogP contribution in [0.5, 0.6) is 0 Å². The van der Waals surface area contributed by atoms with Gasteiger partial charge in [0.1, 0.15) is 0 Å². The van der Waals surface area contributed by atoms with Crippen molar-refractivity contribution in [2.75, 3.05) is 11.9 Å². The Labute approximate surface area is 162 Å². The van der Waals surface area contributed by atoms with Crippen LogP contribution >= 0.6 is 0 Å². The largest absolute Gasteiger partial charge is 0.471 e. The molecule has 0 aliphatic carbocycles. The first-order chi connectivity index (χ1) is 13.9. The molecular formula is C19H16F3N5O2. The minimum atomic E-state index is -4.66. The summed E-state index contributed by atoms with van der Waals surface area (Å²) in [7, 11) is 0. The molecule has 2 aromatic carbocycles. The van der Waals surface area contributed by atoms with Gasteiger partial charge in [0.05, 0.1) is 18.7 Å². The Morgan fingerprint density at radius 2 is 1.90 bits per heavy atom. The summed E-state index contributed by atoms with van der Waals surface area (Å²) in [5, 5.41) is 21.0. The van der Waals surface area contributed by atoms with Gasteiger partial charge in [-0.25, -0.2) is 0 Å². The highest BCUT2D eigenvalue weighted by Gasteiger charge is 2.38. The lowest BCUT2D eigenvalue weighted by Gasteiger charge is -2.07. The molecule has 0 saturated carbocycles. The Bertz CT molecular complexity index is 1120. The first-order valence-corrected chi connectivity index (χ1v) is 8.74. The third kappa shape index (κ3) is 4.21. The average Bonchev–Trinajstić information content (AvgIpc) is 3.33. The Balaban J connectivity index is 1.42. The van der Waals surface area contributed by atoms with E-state index in [1.165, 1.54) is 0 Å². The minimum absolute atomic E-state index is 0.0243. The summed E-state index contributed by atoms with van der Waals surface area (Å²) in [5.41, 5.74) is 3.11. The molecule has 0 unspecified atom stereocenters. The summed E-state index contributed by atoms with van der Waals surface area (Å²) in [4.78, 5) is 3.38. The molecule has 0 radical (unpaired) electrons. The summed E-state index contributed by atoms with van der Waals surface area (Å²) < 4.78 is 43.6. The standard InChI is InChI=1S/C19H16F3N5O2/c20-19(21,22)18-24-17(26-29-18)13-3-1-12(2-4-13)10-23-15-5-6-16-14(9-15)11-27(25-16)7-8-28/h1-6,9,11,23,28H,7-8,10H2. The van der Waals surface area contributed by atoms with E-state index in [2.05, 4.69) is 25.1 Å². The molecule has 29 heavy (non-hydrogen) atoms. The number of anilines is 1. The van der Waals surface area contributed by atoms with Crippen LogP contribution in [0.3, 0.4) is 0 Å². The molecule has 0 aliphatic rings. The van der Waals surface area contributed by atoms with E-state index >= 15 is 0 Å². The Morgan fingerprint density at radius 1 is 1.10 bits per heavy atom. The van der Waals surface area contributed by atoms with Crippen molar-refractivity contribution in [1.82, 2.24) is 19.9 Å². The quantitative estimate of drug-likeness (QED) is 0.510. The Morgan fingerprint density at radius 3 is 2.59 bits per heavy atom. The molecular weight excluding hydrogens is 387 g/mol. The van der Waals surface area contributed by atoms with E-state index in [0.29, 0.717) is 18.7 Å². The van der Waals surface area contributed by atoms with E-state index in [1.54, 1.807) is 28.9 Å². The number of aromatic nitrogens is 4. The highest BCUT2D eigenvalue weighted by Crippen LogP contribution is 2.29. The number of nitrogens with zero attached hydrogens (tertiary/aromatic N) is 4. The van der Waals surface area contributed by atoms with Crippen molar-refractivity contribution in [2.24, 2.45) is 0 Å². The maximum atomic E-state index is 12.6. The van der Waals surface area contributed by atoms with Gasteiger partial charge in [-0.3, -0.25) is 4.68 Å². The maximum absolute atomic E-state index is 12.6. The molecule has 0 saturated heterocycles. The molecule has 0 bridgehead atoms. The molecule has 0 spiro atoms. The summed E-state index contributed by atoms with van der Waals surface area (Å²) in [5.74, 6) is -1.47. The van der Waals surface area contributed by atoms with Gasteiger partial charge in [0, 0.05) is 29.4 Å². The van der Waals surface area contributed by atoms with Gasteiger partial charge >= 0.3 is 12.1 Å². The smallest absolute Gasteiger partial charge is 0.394 e. The van der Waals surface area contributed by atoms with Crippen LogP contribution < -0.4 is 5.32 Å². The molecule has 150 valence electrons. The van der Waals surface area contributed by atoms with Crippen molar-refractivity contribution < 1.29 is 22.8 Å². The number of alkyl halides is 3. The summed E-state index contributed by atoms with van der Waals surface area (Å²) in [6.07, 6.45) is -2.80. The first kappa shape index (κ1) is 18.9. The van der Waals surface area contributed by atoms with E-state index < -0.39 is 12.1 Å². The molecule has 7 nitrogen and oxygen atoms in total. The molecule has 0 amide bonds. The zero-order chi connectivity index (χ0) is 20.4. The van der Waals surface area contributed by atoms with E-state index in [4.69, 9.17) is 5.11 Å². The SMILES string of the molecule is OCCn1cc2cc(NCc3ccc(-c4noc(C(F)(F)F)n4)cc3)ccc2n1. The maximum Gasteiger partial charge on any atom is 0.471 e. The van der Waals surface area contributed by atoms with Crippen molar-refractivity contribution in [3.05, 3.63) is 60.1 Å². The fourth-order valence-corrected chi connectivity index (χ4v) is 2.84. The summed E-state index contributed by atoms with van der Waals surface area (Å²) in [6.45, 7) is 0.988. The van der Waals surface area contributed by atoms with Gasteiger partial charge in [-0.15, -0.1) is 0 Å². The van der Waals surface area contributed by atoms with Crippen LogP contribution in [-0.4, -0.2) is 31.6 Å². The van der Waals surface area contributed by atoms with Crippen molar-refractivity contribution in [2.45, 2.75) is 19.3 Å². The zero-order valence-corrected chi connectivity index (χ0v) is 15.0. The van der Waals surface area contributed by atoms with E-state index in [9.17, 15) is 13.2 Å². The van der Waals surface area contributed by atoms with Crippen molar-refractivity contribution in [3.63, 3.8) is 0 Å². The topological polar surface area (TPSA) is 89.0 Å². The third-order valence-corrected chi connectivity index (χ3v) is 4.26. The molecule has 2 N–H and O–H groups in total.